The maximum atomic E-state index is 13.1. The molecular weight excluding hydrogens is 392 g/mol. The fourth-order valence-electron chi connectivity index (χ4n) is 4.82. The molecule has 2 aromatic carbocycles. The molecule has 0 unspecified atom stereocenters. The van der Waals surface area contributed by atoms with Crippen molar-refractivity contribution in [3.63, 3.8) is 0 Å². The van der Waals surface area contributed by atoms with E-state index in [2.05, 4.69) is 0 Å². The Morgan fingerprint density at radius 3 is 2.60 bits per heavy atom. The minimum Gasteiger partial charge on any atom is -0.469 e. The van der Waals surface area contributed by atoms with Gasteiger partial charge in [0.05, 0.1) is 20.6 Å². The van der Waals surface area contributed by atoms with Gasteiger partial charge < -0.3 is 28.4 Å². The largest absolute Gasteiger partial charge is 0.469 e. The van der Waals surface area contributed by atoms with E-state index in [0.717, 1.165) is 11.1 Å². The van der Waals surface area contributed by atoms with Crippen LogP contribution in [0.3, 0.4) is 0 Å². The van der Waals surface area contributed by atoms with Crippen molar-refractivity contribution in [2.24, 2.45) is 5.92 Å². The van der Waals surface area contributed by atoms with E-state index < -0.39 is 29.4 Å². The zero-order chi connectivity index (χ0) is 20.9. The predicted molar refractivity (Wildman–Crippen MR) is 101 cm³/mol. The number of hydrogen-bond acceptors (Lipinski definition) is 8. The number of fused-ring (bicyclic) bond motifs is 1. The van der Waals surface area contributed by atoms with Crippen LogP contribution in [0.5, 0.6) is 17.2 Å². The van der Waals surface area contributed by atoms with Gasteiger partial charge in [0.1, 0.15) is 17.3 Å². The maximum absolute atomic E-state index is 13.1. The monoisotopic (exact) mass is 412 g/mol. The van der Waals surface area contributed by atoms with E-state index in [1.165, 1.54) is 14.2 Å². The normalized spacial score (nSPS) is 25.3. The van der Waals surface area contributed by atoms with Gasteiger partial charge >= 0.3 is 11.9 Å². The molecule has 156 valence electrons. The highest BCUT2D eigenvalue weighted by atomic mass is 16.7. The minimum atomic E-state index is -1.20. The molecule has 8 nitrogen and oxygen atoms in total. The van der Waals surface area contributed by atoms with Crippen LogP contribution in [0, 0.1) is 5.92 Å². The van der Waals surface area contributed by atoms with Crippen LogP contribution in [0.4, 0.5) is 0 Å². The van der Waals surface area contributed by atoms with Crippen LogP contribution in [0.1, 0.15) is 29.0 Å². The molecule has 30 heavy (non-hydrogen) atoms. The molecule has 3 atom stereocenters. The van der Waals surface area contributed by atoms with Crippen molar-refractivity contribution in [2.75, 3.05) is 27.8 Å². The molecule has 0 radical (unpaired) electrons. The molecule has 0 fully saturated rings. The number of rotatable bonds is 4. The number of methoxy groups -OCH3 is 2. The third-order valence-electron chi connectivity index (χ3n) is 6.04. The van der Waals surface area contributed by atoms with E-state index in [9.17, 15) is 9.59 Å². The third-order valence-corrected chi connectivity index (χ3v) is 6.04. The lowest BCUT2D eigenvalue weighted by Gasteiger charge is -2.40. The van der Waals surface area contributed by atoms with Crippen LogP contribution in [0.15, 0.2) is 36.4 Å². The van der Waals surface area contributed by atoms with Gasteiger partial charge in [-0.2, -0.15) is 0 Å². The van der Waals surface area contributed by atoms with Gasteiger partial charge in [-0.15, -0.1) is 0 Å². The van der Waals surface area contributed by atoms with Crippen molar-refractivity contribution in [3.05, 3.63) is 53.1 Å². The Labute approximate surface area is 172 Å². The lowest BCUT2D eigenvalue weighted by molar-refractivity contribution is -0.171. The second-order valence-electron chi connectivity index (χ2n) is 7.32. The van der Waals surface area contributed by atoms with E-state index in [-0.39, 0.29) is 20.0 Å². The van der Waals surface area contributed by atoms with E-state index in [0.29, 0.717) is 22.8 Å². The summed E-state index contributed by atoms with van der Waals surface area (Å²) in [5, 5.41) is 0. The average Bonchev–Trinajstić information content (AvgIpc) is 3.35. The highest BCUT2D eigenvalue weighted by Crippen LogP contribution is 2.61. The van der Waals surface area contributed by atoms with Gasteiger partial charge in [-0.05, 0) is 29.3 Å². The average molecular weight is 412 g/mol. The fourth-order valence-corrected chi connectivity index (χ4v) is 4.82. The topological polar surface area (TPSA) is 89.5 Å². The van der Waals surface area contributed by atoms with Gasteiger partial charge in [0, 0.05) is 11.5 Å². The van der Waals surface area contributed by atoms with Crippen LogP contribution in [0.25, 0.3) is 0 Å². The zero-order valence-electron chi connectivity index (χ0n) is 16.5. The van der Waals surface area contributed by atoms with Crippen molar-refractivity contribution < 1.29 is 38.0 Å². The molecule has 2 heterocycles. The Hall–Kier alpha value is -3.26. The summed E-state index contributed by atoms with van der Waals surface area (Å²) in [7, 11) is 2.65. The summed E-state index contributed by atoms with van der Waals surface area (Å²) >= 11 is 0. The van der Waals surface area contributed by atoms with Gasteiger partial charge in [-0.1, -0.05) is 18.2 Å². The number of esters is 2. The van der Waals surface area contributed by atoms with Crippen molar-refractivity contribution >= 4 is 11.9 Å². The van der Waals surface area contributed by atoms with E-state index in [4.69, 9.17) is 28.4 Å². The summed E-state index contributed by atoms with van der Waals surface area (Å²) in [6, 6.07) is 11.0. The van der Waals surface area contributed by atoms with Gasteiger partial charge in [0.25, 0.3) is 0 Å². The molecule has 2 aromatic rings. The van der Waals surface area contributed by atoms with Crippen LogP contribution in [-0.2, 0) is 29.4 Å². The van der Waals surface area contributed by atoms with Crippen molar-refractivity contribution in [1.82, 2.24) is 0 Å². The third kappa shape index (κ3) is 2.50. The standard InChI is InChI=1S/C22H20O8/c1-25-18(23)9-14-13-4-3-5-16-19(13)22(30-11-29-16,20(14)21(24)26-2)12-6-7-15-17(8-12)28-10-27-15/h3-8,14,20H,9-11H2,1-2H3/t14-,20+,22+/m1/s1. The van der Waals surface area contributed by atoms with Gasteiger partial charge in [-0.25, -0.2) is 0 Å². The quantitative estimate of drug-likeness (QED) is 0.708. The summed E-state index contributed by atoms with van der Waals surface area (Å²) < 4.78 is 33.1. The first-order valence-electron chi connectivity index (χ1n) is 9.55. The fraction of sp³-hybridized carbons (Fsp3) is 0.364. The molecule has 0 bridgehead atoms. The minimum absolute atomic E-state index is 0.00236. The summed E-state index contributed by atoms with van der Waals surface area (Å²) in [6.45, 7) is 0.0757. The number of carbonyl (C=O) groups excluding carboxylic acids is 2. The summed E-state index contributed by atoms with van der Waals surface area (Å²) in [4.78, 5) is 25.4. The molecule has 5 rings (SSSR count). The maximum Gasteiger partial charge on any atom is 0.312 e. The Morgan fingerprint density at radius 1 is 1.00 bits per heavy atom. The molecular formula is C22H20O8. The molecule has 0 saturated heterocycles. The highest BCUT2D eigenvalue weighted by Gasteiger charge is 2.61. The highest BCUT2D eigenvalue weighted by molar-refractivity contribution is 5.82. The Kier molecular flexibility index (Phi) is 4.32. The second-order valence-corrected chi connectivity index (χ2v) is 7.32. The summed E-state index contributed by atoms with van der Waals surface area (Å²) in [5.41, 5.74) is 1.02. The lowest BCUT2D eigenvalue weighted by Crippen LogP contribution is -2.45. The molecule has 8 heteroatoms. The van der Waals surface area contributed by atoms with Gasteiger partial charge in [0.15, 0.2) is 18.3 Å². The predicted octanol–water partition coefficient (Wildman–Crippen LogP) is 2.47. The molecule has 0 amide bonds. The smallest absolute Gasteiger partial charge is 0.312 e. The Balaban J connectivity index is 1.76. The molecule has 0 aromatic heterocycles. The lowest BCUT2D eigenvalue weighted by atomic mass is 9.76. The van der Waals surface area contributed by atoms with Crippen molar-refractivity contribution in [1.29, 1.82) is 0 Å². The van der Waals surface area contributed by atoms with Crippen LogP contribution in [-0.4, -0.2) is 39.7 Å². The van der Waals surface area contributed by atoms with E-state index in [1.807, 2.05) is 30.3 Å². The number of ether oxygens (including phenoxy) is 6. The summed E-state index contributed by atoms with van der Waals surface area (Å²) in [6.07, 6.45) is 0.00236. The van der Waals surface area contributed by atoms with Crippen molar-refractivity contribution in [3.8, 4) is 17.2 Å². The van der Waals surface area contributed by atoms with Crippen LogP contribution < -0.4 is 14.2 Å². The van der Waals surface area contributed by atoms with Gasteiger partial charge in [-0.3, -0.25) is 9.59 Å². The van der Waals surface area contributed by atoms with Gasteiger partial charge in [0.2, 0.25) is 6.79 Å². The molecule has 0 N–H and O–H groups in total. The number of carbonyl (C=O) groups is 2. The molecule has 1 aliphatic carbocycles. The van der Waals surface area contributed by atoms with E-state index >= 15 is 0 Å². The number of hydrogen-bond donors (Lipinski definition) is 0. The number of benzene rings is 2. The molecule has 3 aliphatic rings. The first-order chi connectivity index (χ1) is 14.6. The first kappa shape index (κ1) is 18.7. The second kappa shape index (κ2) is 6.91. The SMILES string of the molecule is COC(=O)C[C@@H]1c2cccc3c2[C@](c2ccc4c(c2)OCO4)(OCO3)[C@@H]1C(=O)OC. The van der Waals surface area contributed by atoms with Crippen LogP contribution in [0.2, 0.25) is 0 Å². The Bertz CT molecular complexity index is 1030. The summed E-state index contributed by atoms with van der Waals surface area (Å²) in [5.74, 6) is -0.435. The van der Waals surface area contributed by atoms with Crippen LogP contribution >= 0.6 is 0 Å². The van der Waals surface area contributed by atoms with Crippen molar-refractivity contribution in [2.45, 2.75) is 17.9 Å². The zero-order valence-corrected chi connectivity index (χ0v) is 16.5. The first-order valence-corrected chi connectivity index (χ1v) is 9.55. The Morgan fingerprint density at radius 2 is 1.80 bits per heavy atom. The van der Waals surface area contributed by atoms with E-state index in [1.54, 1.807) is 6.07 Å². The molecule has 0 spiro atoms. The molecule has 2 aliphatic heterocycles. The molecule has 0 saturated carbocycles.